The lowest BCUT2D eigenvalue weighted by atomic mass is 10.0. The average Bonchev–Trinajstić information content (AvgIpc) is 3.01. The fourth-order valence-corrected chi connectivity index (χ4v) is 2.66. The highest BCUT2D eigenvalue weighted by atomic mass is 16.6. The van der Waals surface area contributed by atoms with Crippen LogP contribution in [0.25, 0.3) is 0 Å². The van der Waals surface area contributed by atoms with Gasteiger partial charge in [0.25, 0.3) is 0 Å². The third-order valence-electron chi connectivity index (χ3n) is 3.98. The van der Waals surface area contributed by atoms with Gasteiger partial charge in [-0.15, -0.1) is 6.42 Å². The maximum Gasteiger partial charge on any atom is 0.417 e. The molecule has 6 nitrogen and oxygen atoms in total. The second-order valence-electron chi connectivity index (χ2n) is 5.71. The van der Waals surface area contributed by atoms with Gasteiger partial charge < -0.3 is 19.3 Å². The van der Waals surface area contributed by atoms with Crippen molar-refractivity contribution in [2.24, 2.45) is 0 Å². The molecule has 6 heteroatoms. The van der Waals surface area contributed by atoms with Gasteiger partial charge >= 0.3 is 6.09 Å². The molecule has 0 aromatic carbocycles. The van der Waals surface area contributed by atoms with Gasteiger partial charge in [0.2, 0.25) is 5.88 Å². The fourth-order valence-electron chi connectivity index (χ4n) is 2.66. The first-order valence-corrected chi connectivity index (χ1v) is 7.89. The number of hydrogen-bond donors (Lipinski definition) is 1. The van der Waals surface area contributed by atoms with E-state index in [0.717, 1.165) is 18.4 Å². The van der Waals surface area contributed by atoms with E-state index in [1.807, 2.05) is 12.2 Å². The zero-order valence-electron chi connectivity index (χ0n) is 13.2. The van der Waals surface area contributed by atoms with Crippen molar-refractivity contribution in [1.82, 2.24) is 4.90 Å². The quantitative estimate of drug-likeness (QED) is 0.785. The van der Waals surface area contributed by atoms with E-state index in [1.54, 1.807) is 0 Å². The molecular weight excluding hydrogens is 310 g/mol. The van der Waals surface area contributed by atoms with Crippen molar-refractivity contribution in [2.45, 2.75) is 37.9 Å². The van der Waals surface area contributed by atoms with Crippen molar-refractivity contribution >= 4 is 6.09 Å². The second kappa shape index (κ2) is 7.28. The minimum Gasteiger partial charge on any atom is -0.463 e. The summed E-state index contributed by atoms with van der Waals surface area (Å²) < 4.78 is 16.4. The first-order chi connectivity index (χ1) is 11.7. The molecule has 126 valence electrons. The SMILES string of the molecule is C#C[C@@H](O)CC[C@H]1CN(C2=COC=C(C3=CC=CCC3)O2)C(=O)O1. The van der Waals surface area contributed by atoms with Gasteiger partial charge in [0.05, 0.1) is 6.54 Å². The Morgan fingerprint density at radius 3 is 3.08 bits per heavy atom. The molecule has 0 unspecified atom stereocenters. The minimum absolute atomic E-state index is 0.299. The summed E-state index contributed by atoms with van der Waals surface area (Å²) in [5, 5.41) is 9.41. The summed E-state index contributed by atoms with van der Waals surface area (Å²) >= 11 is 0. The predicted octanol–water partition coefficient (Wildman–Crippen LogP) is 2.55. The number of terminal acetylenes is 1. The molecule has 1 aliphatic carbocycles. The van der Waals surface area contributed by atoms with Crippen LogP contribution in [0.15, 0.2) is 48.0 Å². The smallest absolute Gasteiger partial charge is 0.417 e. The third kappa shape index (κ3) is 3.63. The van der Waals surface area contributed by atoms with Gasteiger partial charge in [0, 0.05) is 0 Å². The van der Waals surface area contributed by atoms with Gasteiger partial charge in [-0.25, -0.2) is 9.69 Å². The number of allylic oxidation sites excluding steroid dienone is 4. The average molecular weight is 329 g/mol. The molecule has 2 atom stereocenters. The fraction of sp³-hybridized carbons (Fsp3) is 0.389. The van der Waals surface area contributed by atoms with Gasteiger partial charge in [-0.1, -0.05) is 24.1 Å². The molecular formula is C18H19NO5. The Bertz CT molecular complexity index is 667. The van der Waals surface area contributed by atoms with Crippen LogP contribution >= 0.6 is 0 Å². The van der Waals surface area contributed by atoms with Crippen LogP contribution in [0.3, 0.4) is 0 Å². The number of aliphatic hydroxyl groups is 1. The number of hydrogen-bond acceptors (Lipinski definition) is 5. The highest BCUT2D eigenvalue weighted by molar-refractivity contribution is 5.71. The summed E-state index contributed by atoms with van der Waals surface area (Å²) in [5.74, 6) is 3.14. The van der Waals surface area contributed by atoms with E-state index in [2.05, 4.69) is 12.0 Å². The lowest BCUT2D eigenvalue weighted by molar-refractivity contribution is 0.112. The summed E-state index contributed by atoms with van der Waals surface area (Å²) in [7, 11) is 0. The lowest BCUT2D eigenvalue weighted by Gasteiger charge is -2.23. The zero-order chi connectivity index (χ0) is 16.9. The number of aliphatic hydroxyl groups excluding tert-OH is 1. The second-order valence-corrected chi connectivity index (χ2v) is 5.71. The number of rotatable bonds is 5. The Balaban J connectivity index is 1.59. The van der Waals surface area contributed by atoms with Crippen molar-refractivity contribution in [2.75, 3.05) is 6.54 Å². The van der Waals surface area contributed by atoms with Crippen LogP contribution in [0.4, 0.5) is 4.79 Å². The van der Waals surface area contributed by atoms with Crippen molar-refractivity contribution in [3.63, 3.8) is 0 Å². The van der Waals surface area contributed by atoms with E-state index < -0.39 is 12.2 Å². The molecule has 2 heterocycles. The standard InChI is InChI=1S/C18H19NO5/c1-2-14(20)8-9-15-10-19(18(21)23-15)17-12-22-11-16(24-17)13-6-4-3-5-7-13/h1,3-4,6,11-12,14-15,20H,5,7-10H2/t14-,15+/m1/s1. The molecule has 0 aromatic heterocycles. The normalized spacial score (nSPS) is 24.0. The molecule has 3 aliphatic rings. The molecule has 24 heavy (non-hydrogen) atoms. The summed E-state index contributed by atoms with van der Waals surface area (Å²) in [6, 6.07) is 0. The van der Waals surface area contributed by atoms with Crippen molar-refractivity contribution in [3.8, 4) is 12.3 Å². The number of cyclic esters (lactones) is 1. The Morgan fingerprint density at radius 1 is 1.46 bits per heavy atom. The molecule has 2 aliphatic heterocycles. The lowest BCUT2D eigenvalue weighted by Crippen LogP contribution is -2.27. The van der Waals surface area contributed by atoms with Crippen LogP contribution in [-0.4, -0.2) is 34.9 Å². The Hall–Kier alpha value is -2.65. The number of carbonyl (C=O) groups excluding carboxylic acids is 1. The van der Waals surface area contributed by atoms with Gasteiger partial charge in [0.15, 0.2) is 12.0 Å². The molecule has 0 bridgehead atoms. The maximum absolute atomic E-state index is 12.1. The van der Waals surface area contributed by atoms with Crippen LogP contribution in [0.5, 0.6) is 0 Å². The van der Waals surface area contributed by atoms with Gasteiger partial charge in [-0.05, 0) is 31.3 Å². The van der Waals surface area contributed by atoms with Crippen molar-refractivity contribution in [1.29, 1.82) is 0 Å². The maximum atomic E-state index is 12.1. The molecule has 1 fully saturated rings. The monoisotopic (exact) mass is 329 g/mol. The van der Waals surface area contributed by atoms with E-state index in [0.29, 0.717) is 31.0 Å². The topological polar surface area (TPSA) is 68.2 Å². The van der Waals surface area contributed by atoms with Crippen LogP contribution in [-0.2, 0) is 14.2 Å². The van der Waals surface area contributed by atoms with Crippen LogP contribution in [0.2, 0.25) is 0 Å². The van der Waals surface area contributed by atoms with Crippen LogP contribution in [0, 0.1) is 12.3 Å². The van der Waals surface area contributed by atoms with E-state index in [4.69, 9.17) is 20.6 Å². The van der Waals surface area contributed by atoms with E-state index in [9.17, 15) is 9.90 Å². The molecule has 1 amide bonds. The summed E-state index contributed by atoms with van der Waals surface area (Å²) in [4.78, 5) is 13.4. The minimum atomic E-state index is -0.827. The summed E-state index contributed by atoms with van der Waals surface area (Å²) in [5.41, 5.74) is 1.02. The third-order valence-corrected chi connectivity index (χ3v) is 3.98. The summed E-state index contributed by atoms with van der Waals surface area (Å²) in [6.45, 7) is 0.331. The molecule has 0 saturated carbocycles. The number of ether oxygens (including phenoxy) is 3. The van der Waals surface area contributed by atoms with Gasteiger partial charge in [-0.3, -0.25) is 0 Å². The first-order valence-electron chi connectivity index (χ1n) is 7.89. The zero-order valence-corrected chi connectivity index (χ0v) is 13.2. The Morgan fingerprint density at radius 2 is 2.33 bits per heavy atom. The number of nitrogens with zero attached hydrogens (tertiary/aromatic N) is 1. The van der Waals surface area contributed by atoms with Crippen molar-refractivity contribution in [3.05, 3.63) is 48.0 Å². The van der Waals surface area contributed by atoms with Crippen LogP contribution < -0.4 is 0 Å². The Labute approximate surface area is 140 Å². The van der Waals surface area contributed by atoms with Crippen LogP contribution in [0.1, 0.15) is 25.7 Å². The molecule has 0 spiro atoms. The molecule has 1 N–H and O–H groups in total. The van der Waals surface area contributed by atoms with E-state index in [1.165, 1.54) is 17.4 Å². The van der Waals surface area contributed by atoms with Crippen molar-refractivity contribution < 1.29 is 24.1 Å². The summed E-state index contributed by atoms with van der Waals surface area (Å²) in [6.07, 6.45) is 15.1. The predicted molar refractivity (Wildman–Crippen MR) is 85.8 cm³/mol. The van der Waals surface area contributed by atoms with E-state index in [-0.39, 0.29) is 6.10 Å². The van der Waals surface area contributed by atoms with Gasteiger partial charge in [-0.2, -0.15) is 0 Å². The largest absolute Gasteiger partial charge is 0.463 e. The highest BCUT2D eigenvalue weighted by Gasteiger charge is 2.36. The Kier molecular flexibility index (Phi) is 4.92. The number of amides is 1. The molecule has 0 aromatic rings. The molecule has 1 saturated heterocycles. The van der Waals surface area contributed by atoms with Gasteiger partial charge in [0.1, 0.15) is 18.5 Å². The molecule has 3 rings (SSSR count). The first kappa shape index (κ1) is 16.2. The highest BCUT2D eigenvalue weighted by Crippen LogP contribution is 2.30. The number of carbonyl (C=O) groups is 1. The van der Waals surface area contributed by atoms with E-state index >= 15 is 0 Å². The molecule has 0 radical (unpaired) electrons.